The highest BCUT2D eigenvalue weighted by Gasteiger charge is 2.10. The fourth-order valence-corrected chi connectivity index (χ4v) is 2.93. The Morgan fingerprint density at radius 3 is 2.26 bits per heavy atom. The highest BCUT2D eigenvalue weighted by Crippen LogP contribution is 2.36. The first-order valence-corrected chi connectivity index (χ1v) is 6.79. The summed E-state index contributed by atoms with van der Waals surface area (Å²) in [6.45, 7) is 4.21. The summed E-state index contributed by atoms with van der Waals surface area (Å²) in [5.74, 6) is 0. The van der Waals surface area contributed by atoms with Crippen molar-refractivity contribution >= 4 is 22.4 Å². The highest BCUT2D eigenvalue weighted by molar-refractivity contribution is 6.36. The van der Waals surface area contributed by atoms with Crippen molar-refractivity contribution in [3.05, 3.63) is 70.7 Å². The Kier molecular flexibility index (Phi) is 3.04. The number of benzene rings is 3. The van der Waals surface area contributed by atoms with Crippen molar-refractivity contribution < 1.29 is 0 Å². The molecule has 0 spiro atoms. The summed E-state index contributed by atoms with van der Waals surface area (Å²) in [5.41, 5.74) is 4.97. The molecule has 3 aromatic rings. The summed E-state index contributed by atoms with van der Waals surface area (Å²) in [6.07, 6.45) is 0. The zero-order valence-corrected chi connectivity index (χ0v) is 11.8. The van der Waals surface area contributed by atoms with Crippen LogP contribution in [0.3, 0.4) is 0 Å². The first-order chi connectivity index (χ1) is 9.16. The minimum atomic E-state index is 0.830. The highest BCUT2D eigenvalue weighted by atomic mass is 35.5. The monoisotopic (exact) mass is 266 g/mol. The van der Waals surface area contributed by atoms with Crippen molar-refractivity contribution in [3.63, 3.8) is 0 Å². The van der Waals surface area contributed by atoms with Gasteiger partial charge in [-0.05, 0) is 48.1 Å². The summed E-state index contributed by atoms with van der Waals surface area (Å²) < 4.78 is 0. The fraction of sp³-hybridized carbons (Fsp3) is 0.111. The van der Waals surface area contributed by atoms with Gasteiger partial charge in [-0.3, -0.25) is 0 Å². The average molecular weight is 267 g/mol. The van der Waals surface area contributed by atoms with E-state index in [4.69, 9.17) is 11.6 Å². The second-order valence-corrected chi connectivity index (χ2v) is 5.37. The third-order valence-electron chi connectivity index (χ3n) is 3.50. The molecule has 0 nitrogen and oxygen atoms in total. The second-order valence-electron chi connectivity index (χ2n) is 4.97. The Labute approximate surface area is 118 Å². The van der Waals surface area contributed by atoms with Crippen molar-refractivity contribution in [2.45, 2.75) is 13.8 Å². The van der Waals surface area contributed by atoms with E-state index in [0.717, 1.165) is 10.4 Å². The first kappa shape index (κ1) is 12.3. The van der Waals surface area contributed by atoms with Crippen molar-refractivity contribution in [1.29, 1.82) is 0 Å². The molecule has 0 aromatic heterocycles. The van der Waals surface area contributed by atoms with Gasteiger partial charge in [-0.2, -0.15) is 0 Å². The standard InChI is InChI=1S/C18H15Cl/c1-12-8-9-15-16(10-12)17(19)11-13(2)18(15)14-6-4-3-5-7-14/h3-11H,1-2H3. The largest absolute Gasteiger partial charge is 0.0837 e. The molecule has 0 radical (unpaired) electrons. The molecular formula is C18H15Cl. The number of hydrogen-bond donors (Lipinski definition) is 0. The lowest BCUT2D eigenvalue weighted by molar-refractivity contribution is 1.46. The van der Waals surface area contributed by atoms with Gasteiger partial charge in [0.1, 0.15) is 0 Å². The molecule has 19 heavy (non-hydrogen) atoms. The zero-order chi connectivity index (χ0) is 13.4. The van der Waals surface area contributed by atoms with Crippen molar-refractivity contribution in [3.8, 4) is 11.1 Å². The Bertz CT molecular complexity index is 742. The number of aryl methyl sites for hydroxylation is 2. The molecule has 0 aliphatic rings. The van der Waals surface area contributed by atoms with Crippen LogP contribution in [0.4, 0.5) is 0 Å². The number of fused-ring (bicyclic) bond motifs is 1. The van der Waals surface area contributed by atoms with E-state index >= 15 is 0 Å². The summed E-state index contributed by atoms with van der Waals surface area (Å²) in [7, 11) is 0. The Hall–Kier alpha value is -1.79. The van der Waals surface area contributed by atoms with Gasteiger partial charge in [0, 0.05) is 10.4 Å². The molecule has 0 unspecified atom stereocenters. The first-order valence-electron chi connectivity index (χ1n) is 6.42. The molecule has 3 rings (SSSR count). The quantitative estimate of drug-likeness (QED) is 0.524. The van der Waals surface area contributed by atoms with E-state index in [-0.39, 0.29) is 0 Å². The van der Waals surface area contributed by atoms with Crippen LogP contribution in [-0.4, -0.2) is 0 Å². The van der Waals surface area contributed by atoms with E-state index < -0.39 is 0 Å². The minimum Gasteiger partial charge on any atom is -0.0837 e. The Morgan fingerprint density at radius 1 is 0.789 bits per heavy atom. The predicted octanol–water partition coefficient (Wildman–Crippen LogP) is 5.78. The molecular weight excluding hydrogens is 252 g/mol. The summed E-state index contributed by atoms with van der Waals surface area (Å²) in [6, 6.07) is 19.0. The van der Waals surface area contributed by atoms with E-state index in [1.54, 1.807) is 0 Å². The maximum atomic E-state index is 6.39. The normalized spacial score (nSPS) is 10.9. The molecule has 0 aliphatic carbocycles. The lowest BCUT2D eigenvalue weighted by Crippen LogP contribution is -1.88. The van der Waals surface area contributed by atoms with Crippen LogP contribution in [0.1, 0.15) is 11.1 Å². The van der Waals surface area contributed by atoms with Crippen molar-refractivity contribution in [2.75, 3.05) is 0 Å². The van der Waals surface area contributed by atoms with Crippen LogP contribution in [0.25, 0.3) is 21.9 Å². The van der Waals surface area contributed by atoms with Gasteiger partial charge in [-0.1, -0.05) is 59.6 Å². The molecule has 0 atom stereocenters. The van der Waals surface area contributed by atoms with Gasteiger partial charge < -0.3 is 0 Å². The minimum absolute atomic E-state index is 0.830. The van der Waals surface area contributed by atoms with E-state index in [1.807, 2.05) is 6.07 Å². The molecule has 0 saturated heterocycles. The fourth-order valence-electron chi connectivity index (χ4n) is 2.61. The molecule has 0 saturated carbocycles. The van der Waals surface area contributed by atoms with E-state index in [0.29, 0.717) is 0 Å². The van der Waals surface area contributed by atoms with Crippen LogP contribution in [-0.2, 0) is 0 Å². The number of halogens is 1. The van der Waals surface area contributed by atoms with Crippen LogP contribution in [0.5, 0.6) is 0 Å². The predicted molar refractivity (Wildman–Crippen MR) is 83.9 cm³/mol. The molecule has 94 valence electrons. The number of hydrogen-bond acceptors (Lipinski definition) is 0. The molecule has 0 aliphatic heterocycles. The van der Waals surface area contributed by atoms with Crippen LogP contribution < -0.4 is 0 Å². The molecule has 3 aromatic carbocycles. The van der Waals surface area contributed by atoms with Gasteiger partial charge in [0.25, 0.3) is 0 Å². The third kappa shape index (κ3) is 2.13. The van der Waals surface area contributed by atoms with Crippen molar-refractivity contribution in [2.24, 2.45) is 0 Å². The lowest BCUT2D eigenvalue weighted by atomic mass is 9.93. The summed E-state index contributed by atoms with van der Waals surface area (Å²) in [4.78, 5) is 0. The van der Waals surface area contributed by atoms with E-state index in [9.17, 15) is 0 Å². The average Bonchev–Trinajstić information content (AvgIpc) is 2.41. The number of rotatable bonds is 1. The second kappa shape index (κ2) is 4.71. The molecule has 0 amide bonds. The van der Waals surface area contributed by atoms with E-state index in [2.05, 4.69) is 62.4 Å². The van der Waals surface area contributed by atoms with Gasteiger partial charge in [0.15, 0.2) is 0 Å². The smallest absolute Gasteiger partial charge is 0.0487 e. The van der Waals surface area contributed by atoms with Gasteiger partial charge in [-0.15, -0.1) is 0 Å². The maximum Gasteiger partial charge on any atom is 0.0487 e. The van der Waals surface area contributed by atoms with Gasteiger partial charge in [0.05, 0.1) is 0 Å². The molecule has 0 fully saturated rings. The molecule has 1 heteroatoms. The Balaban J connectivity index is 2.42. The Morgan fingerprint density at radius 2 is 1.53 bits per heavy atom. The SMILES string of the molecule is Cc1ccc2c(-c3ccccc3)c(C)cc(Cl)c2c1. The van der Waals surface area contributed by atoms with E-state index in [1.165, 1.54) is 27.6 Å². The summed E-state index contributed by atoms with van der Waals surface area (Å²) >= 11 is 6.39. The lowest BCUT2D eigenvalue weighted by Gasteiger charge is -2.13. The molecule has 0 bridgehead atoms. The zero-order valence-electron chi connectivity index (χ0n) is 11.1. The van der Waals surface area contributed by atoms with Crippen LogP contribution in [0, 0.1) is 13.8 Å². The topological polar surface area (TPSA) is 0 Å². The van der Waals surface area contributed by atoms with Gasteiger partial charge in [-0.25, -0.2) is 0 Å². The van der Waals surface area contributed by atoms with Crippen LogP contribution in [0.2, 0.25) is 5.02 Å². The maximum absolute atomic E-state index is 6.39. The van der Waals surface area contributed by atoms with Crippen LogP contribution >= 0.6 is 11.6 Å². The van der Waals surface area contributed by atoms with Crippen molar-refractivity contribution in [1.82, 2.24) is 0 Å². The van der Waals surface area contributed by atoms with Gasteiger partial charge >= 0.3 is 0 Å². The third-order valence-corrected chi connectivity index (χ3v) is 3.81. The molecule has 0 N–H and O–H groups in total. The molecule has 0 heterocycles. The van der Waals surface area contributed by atoms with Crippen LogP contribution in [0.15, 0.2) is 54.6 Å². The van der Waals surface area contributed by atoms with Gasteiger partial charge in [0.2, 0.25) is 0 Å². The summed E-state index contributed by atoms with van der Waals surface area (Å²) in [5, 5.41) is 3.18.